The predicted molar refractivity (Wildman–Crippen MR) is 311 cm³/mol. The summed E-state index contributed by atoms with van der Waals surface area (Å²) in [6, 6.07) is 87.8. The summed E-state index contributed by atoms with van der Waals surface area (Å²) in [4.78, 5) is 2.42. The van der Waals surface area contributed by atoms with Crippen LogP contribution in [0.2, 0.25) is 0 Å². The van der Waals surface area contributed by atoms with Gasteiger partial charge in [-0.25, -0.2) is 0 Å². The van der Waals surface area contributed by atoms with E-state index in [-0.39, 0.29) is 10.8 Å². The molecule has 0 saturated heterocycles. The van der Waals surface area contributed by atoms with Gasteiger partial charge in [-0.05, 0) is 173 Å². The molecule has 2 aliphatic rings. The summed E-state index contributed by atoms with van der Waals surface area (Å²) in [5.74, 6) is 2.18. The first-order chi connectivity index (χ1) is 35.9. The van der Waals surface area contributed by atoms with Crippen LogP contribution < -0.4 is 9.64 Å². The Morgan fingerprint density at radius 2 is 0.878 bits per heavy atom. The molecule has 0 radical (unpaired) electrons. The van der Waals surface area contributed by atoms with Gasteiger partial charge in [-0.3, -0.25) is 0 Å². The molecule has 0 heterocycles. The third-order valence-corrected chi connectivity index (χ3v) is 16.3. The number of benzene rings is 10. The van der Waals surface area contributed by atoms with Crippen molar-refractivity contribution in [2.75, 3.05) is 4.90 Å². The molecule has 0 N–H and O–H groups in total. The van der Waals surface area contributed by atoms with Crippen LogP contribution in [-0.4, -0.2) is 0 Å². The van der Waals surface area contributed by atoms with Gasteiger partial charge in [0.1, 0.15) is 11.5 Å². The van der Waals surface area contributed by atoms with Crippen molar-refractivity contribution in [2.24, 2.45) is 0 Å². The average molecular weight is 958 g/mol. The largest absolute Gasteiger partial charge is 0.457 e. The normalized spacial score (nSPS) is 15.4. The second-order valence-corrected chi connectivity index (χ2v) is 22.1. The number of anilines is 3. The van der Waals surface area contributed by atoms with E-state index >= 15 is 0 Å². The average Bonchev–Trinajstić information content (AvgIpc) is 3.86. The van der Waals surface area contributed by atoms with Crippen LogP contribution in [0.4, 0.5) is 17.1 Å². The van der Waals surface area contributed by atoms with E-state index in [0.29, 0.717) is 5.92 Å². The van der Waals surface area contributed by atoms with Gasteiger partial charge in [-0.1, -0.05) is 218 Å². The number of ether oxygens (including phenoxy) is 1. The second-order valence-electron chi connectivity index (χ2n) is 22.1. The Morgan fingerprint density at radius 1 is 0.419 bits per heavy atom. The zero-order valence-electron chi connectivity index (χ0n) is 43.7. The fourth-order valence-corrected chi connectivity index (χ4v) is 12.0. The predicted octanol–water partition coefficient (Wildman–Crippen LogP) is 19.8. The number of nitrogens with zero attached hydrogens (tertiary/aromatic N) is 1. The first-order valence-corrected chi connectivity index (χ1v) is 26.5. The molecular weight excluding hydrogens is 895 g/mol. The maximum atomic E-state index is 6.52. The lowest BCUT2D eigenvalue weighted by molar-refractivity contribution is 0.481. The van der Waals surface area contributed by atoms with Gasteiger partial charge in [-0.2, -0.15) is 0 Å². The van der Waals surface area contributed by atoms with E-state index in [2.05, 4.69) is 290 Å². The molecule has 0 aliphatic heterocycles. The molecule has 2 unspecified atom stereocenters. The lowest BCUT2D eigenvalue weighted by Crippen LogP contribution is -2.29. The van der Waals surface area contributed by atoms with Crippen molar-refractivity contribution in [2.45, 2.75) is 77.0 Å². The highest BCUT2D eigenvalue weighted by Crippen LogP contribution is 2.57. The molecule has 2 aliphatic carbocycles. The summed E-state index contributed by atoms with van der Waals surface area (Å²) < 4.78 is 6.52. The fourth-order valence-electron chi connectivity index (χ4n) is 12.0. The molecule has 2 nitrogen and oxygen atoms in total. The lowest BCUT2D eigenvalue weighted by atomic mass is 9.67. The van der Waals surface area contributed by atoms with Crippen LogP contribution in [0.3, 0.4) is 0 Å². The van der Waals surface area contributed by atoms with E-state index in [1.807, 2.05) is 0 Å². The molecule has 12 rings (SSSR count). The highest BCUT2D eigenvalue weighted by atomic mass is 16.5. The van der Waals surface area contributed by atoms with Crippen LogP contribution >= 0.6 is 0 Å². The third-order valence-electron chi connectivity index (χ3n) is 16.3. The molecule has 0 amide bonds. The molecule has 0 saturated carbocycles. The number of hydrogen-bond acceptors (Lipinski definition) is 2. The Kier molecular flexibility index (Phi) is 11.6. The van der Waals surface area contributed by atoms with E-state index in [9.17, 15) is 0 Å². The second kappa shape index (κ2) is 18.4. The fraction of sp³-hybridized carbons (Fsp3) is 0.167. The van der Waals surface area contributed by atoms with E-state index < -0.39 is 5.41 Å². The third kappa shape index (κ3) is 7.96. The van der Waals surface area contributed by atoms with E-state index in [1.54, 1.807) is 0 Å². The molecule has 10 aromatic rings. The maximum absolute atomic E-state index is 6.52. The van der Waals surface area contributed by atoms with E-state index in [4.69, 9.17) is 4.74 Å². The standard InChI is InChI=1S/C72H63NO/c1-8-48(2)49-26-40-60(41-27-49)74-61-42-33-56(34-43-61)72(55-31-29-54(30-32-55)70(3,4)5)67-21-15-13-19-63(67)65-44-28-53(46-69(65)72)52-24-37-58(38-25-52)73(57-35-22-51(23-36-57)50-16-10-9-11-17-50)59-39-45-64-62-18-12-14-20-66(62)71(6,7)68(64)47-59/h9-48H,8H2,1-7H3. The van der Waals surface area contributed by atoms with Crippen LogP contribution in [0, 0.1) is 0 Å². The summed E-state index contributed by atoms with van der Waals surface area (Å²) in [5.41, 5.74) is 23.0. The summed E-state index contributed by atoms with van der Waals surface area (Å²) >= 11 is 0. The smallest absolute Gasteiger partial charge is 0.127 e. The van der Waals surface area contributed by atoms with Crippen molar-refractivity contribution in [3.63, 3.8) is 0 Å². The number of rotatable bonds is 11. The summed E-state index contributed by atoms with van der Waals surface area (Å²) in [6.07, 6.45) is 1.11. The first-order valence-electron chi connectivity index (χ1n) is 26.5. The summed E-state index contributed by atoms with van der Waals surface area (Å²) in [5, 5.41) is 0. The topological polar surface area (TPSA) is 12.5 Å². The Hall–Kier alpha value is -8.20. The molecule has 362 valence electrons. The summed E-state index contributed by atoms with van der Waals surface area (Å²) in [7, 11) is 0. The molecule has 2 heteroatoms. The number of fused-ring (bicyclic) bond motifs is 6. The highest BCUT2D eigenvalue weighted by Gasteiger charge is 2.46. The van der Waals surface area contributed by atoms with Gasteiger partial charge in [-0.15, -0.1) is 0 Å². The minimum Gasteiger partial charge on any atom is -0.457 e. The Morgan fingerprint density at radius 3 is 1.49 bits per heavy atom. The van der Waals surface area contributed by atoms with Gasteiger partial charge in [0.15, 0.2) is 0 Å². The SMILES string of the molecule is CCC(C)c1ccc(Oc2ccc(C3(c4ccc(C(C)(C)C)cc4)c4ccccc4-c4ccc(-c5ccc(N(c6ccc(-c7ccccc7)cc6)c6ccc7c(c6)C(C)(C)c6ccccc6-7)cc5)cc43)cc2)cc1. The van der Waals surface area contributed by atoms with E-state index in [1.165, 1.54) is 83.5 Å². The van der Waals surface area contributed by atoms with Crippen molar-refractivity contribution < 1.29 is 4.74 Å². The van der Waals surface area contributed by atoms with Crippen LogP contribution in [-0.2, 0) is 16.2 Å². The minimum atomic E-state index is -0.585. The van der Waals surface area contributed by atoms with Gasteiger partial charge in [0.2, 0.25) is 0 Å². The Bertz CT molecular complexity index is 3660. The van der Waals surface area contributed by atoms with Crippen molar-refractivity contribution in [1.82, 2.24) is 0 Å². The van der Waals surface area contributed by atoms with Gasteiger partial charge in [0, 0.05) is 22.5 Å². The zero-order valence-corrected chi connectivity index (χ0v) is 43.7. The van der Waals surface area contributed by atoms with Gasteiger partial charge in [0.05, 0.1) is 5.41 Å². The summed E-state index contributed by atoms with van der Waals surface area (Å²) in [6.45, 7) is 16.1. The molecule has 0 spiro atoms. The molecule has 2 atom stereocenters. The highest BCUT2D eigenvalue weighted by molar-refractivity contribution is 5.90. The van der Waals surface area contributed by atoms with Crippen molar-refractivity contribution in [1.29, 1.82) is 0 Å². The lowest BCUT2D eigenvalue weighted by Gasteiger charge is -2.34. The molecule has 10 aromatic carbocycles. The Balaban J connectivity index is 0.956. The van der Waals surface area contributed by atoms with Crippen molar-refractivity contribution in [3.05, 3.63) is 281 Å². The molecule has 0 aromatic heterocycles. The van der Waals surface area contributed by atoms with Crippen LogP contribution in [0.15, 0.2) is 237 Å². The minimum absolute atomic E-state index is 0.0203. The molecule has 0 bridgehead atoms. The zero-order chi connectivity index (χ0) is 50.8. The van der Waals surface area contributed by atoms with E-state index in [0.717, 1.165) is 40.5 Å². The molecule has 74 heavy (non-hydrogen) atoms. The van der Waals surface area contributed by atoms with Crippen LogP contribution in [0.1, 0.15) is 105 Å². The van der Waals surface area contributed by atoms with Crippen molar-refractivity contribution >= 4 is 17.1 Å². The van der Waals surface area contributed by atoms with Crippen LogP contribution in [0.5, 0.6) is 11.5 Å². The van der Waals surface area contributed by atoms with Gasteiger partial charge < -0.3 is 9.64 Å². The maximum Gasteiger partial charge on any atom is 0.127 e. The first kappa shape index (κ1) is 46.8. The van der Waals surface area contributed by atoms with Gasteiger partial charge >= 0.3 is 0 Å². The quantitative estimate of drug-likeness (QED) is 0.128. The van der Waals surface area contributed by atoms with Crippen LogP contribution in [0.25, 0.3) is 44.5 Å². The monoisotopic (exact) mass is 957 g/mol. The molecule has 0 fully saturated rings. The molecular formula is C72H63NO. The Labute approximate surface area is 438 Å². The van der Waals surface area contributed by atoms with Gasteiger partial charge in [0.25, 0.3) is 0 Å². The van der Waals surface area contributed by atoms with Crippen molar-refractivity contribution in [3.8, 4) is 56.0 Å². The number of hydrogen-bond donors (Lipinski definition) is 0.